The monoisotopic (exact) mass is 506 g/mol. The number of aliphatic imine (C=N–C) groups is 1. The fourth-order valence-corrected chi connectivity index (χ4v) is 6.02. The van der Waals surface area contributed by atoms with E-state index in [9.17, 15) is 0 Å². The summed E-state index contributed by atoms with van der Waals surface area (Å²) in [4.78, 5) is 4.72. The Balaban J connectivity index is 1.00. The van der Waals surface area contributed by atoms with Gasteiger partial charge in [0.1, 0.15) is 12.4 Å². The van der Waals surface area contributed by atoms with Crippen molar-refractivity contribution in [3.8, 4) is 5.75 Å². The zero-order chi connectivity index (χ0) is 26.0. The molecule has 5 aromatic rings. The second-order valence-corrected chi connectivity index (χ2v) is 10.4. The van der Waals surface area contributed by atoms with Crippen LogP contribution in [-0.4, -0.2) is 6.21 Å². The summed E-state index contributed by atoms with van der Waals surface area (Å²) in [5.74, 6) is 1.89. The molecule has 0 saturated heterocycles. The molecule has 39 heavy (non-hydrogen) atoms. The van der Waals surface area contributed by atoms with Crippen LogP contribution >= 0.6 is 0 Å². The first-order valence-electron chi connectivity index (χ1n) is 13.7. The van der Waals surface area contributed by atoms with Crippen LogP contribution in [0.3, 0.4) is 0 Å². The van der Waals surface area contributed by atoms with E-state index in [0.29, 0.717) is 24.5 Å². The van der Waals surface area contributed by atoms with Crippen LogP contribution < -0.4 is 10.1 Å². The van der Waals surface area contributed by atoms with Crippen molar-refractivity contribution < 1.29 is 4.74 Å². The largest absolute Gasteiger partial charge is 0.489 e. The molecule has 3 atom stereocenters. The zero-order valence-corrected chi connectivity index (χ0v) is 21.7. The van der Waals surface area contributed by atoms with Gasteiger partial charge in [-0.3, -0.25) is 4.99 Å². The van der Waals surface area contributed by atoms with Crippen molar-refractivity contribution in [3.05, 3.63) is 150 Å². The molecular formula is C36H30N2O. The van der Waals surface area contributed by atoms with Gasteiger partial charge in [-0.15, -0.1) is 0 Å². The lowest BCUT2D eigenvalue weighted by atomic mass is 9.77. The zero-order valence-electron chi connectivity index (χ0n) is 21.7. The van der Waals surface area contributed by atoms with Gasteiger partial charge in [0.05, 0.1) is 11.7 Å². The van der Waals surface area contributed by atoms with Crippen molar-refractivity contribution >= 4 is 28.4 Å². The molecule has 0 aromatic heterocycles. The molecule has 0 bridgehead atoms. The Morgan fingerprint density at radius 2 is 1.59 bits per heavy atom. The van der Waals surface area contributed by atoms with E-state index >= 15 is 0 Å². The van der Waals surface area contributed by atoms with Crippen LogP contribution in [0.5, 0.6) is 5.75 Å². The van der Waals surface area contributed by atoms with Gasteiger partial charge in [-0.2, -0.15) is 0 Å². The van der Waals surface area contributed by atoms with Gasteiger partial charge in [-0.25, -0.2) is 0 Å². The second-order valence-electron chi connectivity index (χ2n) is 10.4. The highest BCUT2D eigenvalue weighted by atomic mass is 16.5. The van der Waals surface area contributed by atoms with Gasteiger partial charge in [0.2, 0.25) is 0 Å². The number of nitrogens with one attached hydrogen (secondary N) is 1. The molecule has 0 unspecified atom stereocenters. The fraction of sp³-hybridized carbons (Fsp3) is 0.139. The Kier molecular flexibility index (Phi) is 6.18. The van der Waals surface area contributed by atoms with Gasteiger partial charge in [0.15, 0.2) is 0 Å². The van der Waals surface area contributed by atoms with E-state index in [1.54, 1.807) is 0 Å². The van der Waals surface area contributed by atoms with E-state index in [4.69, 9.17) is 9.73 Å². The maximum atomic E-state index is 6.09. The predicted molar refractivity (Wildman–Crippen MR) is 161 cm³/mol. The number of allylic oxidation sites excluding steroid dienone is 2. The summed E-state index contributed by atoms with van der Waals surface area (Å²) in [5.41, 5.74) is 7.17. The Morgan fingerprint density at radius 1 is 0.795 bits per heavy atom. The van der Waals surface area contributed by atoms with Crippen molar-refractivity contribution in [3.63, 3.8) is 0 Å². The normalized spacial score (nSPS) is 19.5. The quantitative estimate of drug-likeness (QED) is 0.184. The number of rotatable bonds is 6. The third-order valence-electron chi connectivity index (χ3n) is 8.04. The second kappa shape index (κ2) is 10.3. The minimum atomic E-state index is 0.305. The maximum absolute atomic E-state index is 6.09. The molecule has 3 nitrogen and oxygen atoms in total. The average molecular weight is 507 g/mol. The van der Waals surface area contributed by atoms with Crippen molar-refractivity contribution in [1.82, 2.24) is 0 Å². The first-order valence-corrected chi connectivity index (χ1v) is 13.7. The van der Waals surface area contributed by atoms with Crippen molar-refractivity contribution in [1.29, 1.82) is 0 Å². The number of benzene rings is 5. The maximum Gasteiger partial charge on any atom is 0.119 e. The minimum Gasteiger partial charge on any atom is -0.489 e. The van der Waals surface area contributed by atoms with Crippen LogP contribution in [0.15, 0.2) is 132 Å². The third kappa shape index (κ3) is 4.72. The molecular weight excluding hydrogens is 476 g/mol. The van der Waals surface area contributed by atoms with Crippen LogP contribution in [0.4, 0.5) is 11.4 Å². The van der Waals surface area contributed by atoms with E-state index in [2.05, 4.69) is 108 Å². The number of anilines is 1. The van der Waals surface area contributed by atoms with Crippen molar-refractivity contribution in [2.45, 2.75) is 25.0 Å². The van der Waals surface area contributed by atoms with Gasteiger partial charge in [0, 0.05) is 17.8 Å². The molecule has 7 rings (SSSR count). The number of hydrogen-bond donors (Lipinski definition) is 1. The highest BCUT2D eigenvalue weighted by molar-refractivity contribution is 5.85. The van der Waals surface area contributed by atoms with Gasteiger partial charge in [0.25, 0.3) is 0 Å². The Labute approximate surface area is 229 Å². The Morgan fingerprint density at radius 3 is 2.49 bits per heavy atom. The standard InChI is InChI=1S/C36H30N2O/c1-2-10-31-26(7-1)8-5-9-28(31)24-39-30-21-15-25(16-22-30)23-37-29-19-17-27(18-20-29)36-34-13-6-12-32(34)33-11-3-4-14-35(33)38-36/h1-12,14-23,32,34,36,38H,13,24H2/t32-,34-,36+/m1/s1. The van der Waals surface area contributed by atoms with E-state index in [0.717, 1.165) is 23.4 Å². The number of hydrogen-bond acceptors (Lipinski definition) is 3. The van der Waals surface area contributed by atoms with Crippen LogP contribution in [-0.2, 0) is 6.61 Å². The minimum absolute atomic E-state index is 0.305. The van der Waals surface area contributed by atoms with Crippen LogP contribution in [0.25, 0.3) is 10.8 Å². The predicted octanol–water partition coefficient (Wildman–Crippen LogP) is 9.00. The number of ether oxygens (including phenoxy) is 1. The molecule has 3 heteroatoms. The summed E-state index contributed by atoms with van der Waals surface area (Å²) in [6.07, 6.45) is 7.74. The van der Waals surface area contributed by atoms with Crippen molar-refractivity contribution in [2.24, 2.45) is 10.9 Å². The number of fused-ring (bicyclic) bond motifs is 4. The summed E-state index contributed by atoms with van der Waals surface area (Å²) in [6.45, 7) is 0.542. The Hall–Kier alpha value is -4.63. The molecule has 190 valence electrons. The van der Waals surface area contributed by atoms with Gasteiger partial charge < -0.3 is 10.1 Å². The van der Waals surface area contributed by atoms with E-state index in [1.165, 1.54) is 33.2 Å². The summed E-state index contributed by atoms with van der Waals surface area (Å²) >= 11 is 0. The third-order valence-corrected chi connectivity index (χ3v) is 8.04. The summed E-state index contributed by atoms with van der Waals surface area (Å²) in [7, 11) is 0. The molecule has 0 saturated carbocycles. The molecule has 1 heterocycles. The topological polar surface area (TPSA) is 33.6 Å². The molecule has 0 radical (unpaired) electrons. The lowest BCUT2D eigenvalue weighted by Crippen LogP contribution is -2.28. The highest BCUT2D eigenvalue weighted by Gasteiger charge is 2.37. The molecule has 2 aliphatic rings. The molecule has 0 spiro atoms. The van der Waals surface area contributed by atoms with Crippen LogP contribution in [0, 0.1) is 5.92 Å². The number of para-hydroxylation sites is 1. The molecule has 1 aliphatic heterocycles. The first kappa shape index (κ1) is 23.5. The average Bonchev–Trinajstić information content (AvgIpc) is 3.50. The van der Waals surface area contributed by atoms with Crippen LogP contribution in [0.1, 0.15) is 40.6 Å². The van der Waals surface area contributed by atoms with Gasteiger partial charge in [-0.05, 0) is 87.8 Å². The van der Waals surface area contributed by atoms with Gasteiger partial charge >= 0.3 is 0 Å². The molecule has 1 aliphatic carbocycles. The van der Waals surface area contributed by atoms with Crippen molar-refractivity contribution in [2.75, 3.05) is 5.32 Å². The highest BCUT2D eigenvalue weighted by Crippen LogP contribution is 2.49. The molecule has 0 fully saturated rings. The fourth-order valence-electron chi connectivity index (χ4n) is 6.02. The molecule has 5 aromatic carbocycles. The first-order chi connectivity index (χ1) is 19.3. The molecule has 1 N–H and O–H groups in total. The summed E-state index contributed by atoms with van der Waals surface area (Å²) < 4.78 is 6.09. The van der Waals surface area contributed by atoms with E-state index in [1.807, 2.05) is 30.5 Å². The SMILES string of the molecule is C1=C[C@@H]2c3ccccc3N[C@@H](c3ccc(N=Cc4ccc(OCc5cccc6ccccc56)cc4)cc3)[C@@H]2C1. The molecule has 0 amide bonds. The lowest BCUT2D eigenvalue weighted by molar-refractivity contribution is 0.307. The van der Waals surface area contributed by atoms with Gasteiger partial charge in [-0.1, -0.05) is 84.9 Å². The Bertz CT molecular complexity index is 1660. The smallest absolute Gasteiger partial charge is 0.119 e. The van der Waals surface area contributed by atoms with Crippen LogP contribution in [0.2, 0.25) is 0 Å². The van der Waals surface area contributed by atoms with E-state index < -0.39 is 0 Å². The lowest BCUT2D eigenvalue weighted by Gasteiger charge is -2.37. The van der Waals surface area contributed by atoms with E-state index in [-0.39, 0.29) is 0 Å². The summed E-state index contributed by atoms with van der Waals surface area (Å²) in [6, 6.07) is 40.6. The summed E-state index contributed by atoms with van der Waals surface area (Å²) in [5, 5.41) is 6.28. The number of nitrogens with zero attached hydrogens (tertiary/aromatic N) is 1.